The van der Waals surface area contributed by atoms with Crippen molar-refractivity contribution in [2.75, 3.05) is 0 Å². The third-order valence-electron chi connectivity index (χ3n) is 2.99. The van der Waals surface area contributed by atoms with Crippen molar-refractivity contribution in [1.29, 1.82) is 0 Å². The molecule has 2 N–H and O–H groups in total. The van der Waals surface area contributed by atoms with E-state index in [1.807, 2.05) is 19.1 Å². The zero-order valence-corrected chi connectivity index (χ0v) is 8.52. The quantitative estimate of drug-likeness (QED) is 0.784. The maximum atomic E-state index is 13.4. The van der Waals surface area contributed by atoms with Crippen molar-refractivity contribution in [1.82, 2.24) is 0 Å². The van der Waals surface area contributed by atoms with Crippen LogP contribution in [-0.4, -0.2) is 5.54 Å². The molecule has 2 rings (SSSR count). The SMILES string of the molecule is Cc1ccc(CCC2(N)CC2)c(F)c1. The molecular formula is C12H16FN. The van der Waals surface area contributed by atoms with E-state index < -0.39 is 0 Å². The summed E-state index contributed by atoms with van der Waals surface area (Å²) in [4.78, 5) is 0. The first-order valence-electron chi connectivity index (χ1n) is 5.13. The Balaban J connectivity index is 2.02. The minimum absolute atomic E-state index is 0.0251. The van der Waals surface area contributed by atoms with Gasteiger partial charge in [0, 0.05) is 5.54 Å². The van der Waals surface area contributed by atoms with Gasteiger partial charge in [0.25, 0.3) is 0 Å². The fourth-order valence-corrected chi connectivity index (χ4v) is 1.65. The predicted molar refractivity (Wildman–Crippen MR) is 55.6 cm³/mol. The maximum absolute atomic E-state index is 13.4. The summed E-state index contributed by atoms with van der Waals surface area (Å²) >= 11 is 0. The van der Waals surface area contributed by atoms with Crippen molar-refractivity contribution < 1.29 is 4.39 Å². The Hall–Kier alpha value is -0.890. The highest BCUT2D eigenvalue weighted by Crippen LogP contribution is 2.36. The molecule has 76 valence electrons. The number of halogens is 1. The first kappa shape index (κ1) is 9.66. The second kappa shape index (κ2) is 3.35. The molecule has 0 amide bonds. The van der Waals surface area contributed by atoms with Crippen LogP contribution in [0.1, 0.15) is 30.4 Å². The highest BCUT2D eigenvalue weighted by molar-refractivity contribution is 5.24. The molecule has 1 aromatic rings. The second-order valence-corrected chi connectivity index (χ2v) is 4.46. The van der Waals surface area contributed by atoms with Gasteiger partial charge in [-0.05, 0) is 49.8 Å². The fraction of sp³-hybridized carbons (Fsp3) is 0.500. The summed E-state index contributed by atoms with van der Waals surface area (Å²) in [6.45, 7) is 1.90. The van der Waals surface area contributed by atoms with Crippen LogP contribution in [0.4, 0.5) is 4.39 Å². The molecule has 1 saturated carbocycles. The zero-order valence-electron chi connectivity index (χ0n) is 8.52. The molecular weight excluding hydrogens is 177 g/mol. The van der Waals surface area contributed by atoms with Crippen LogP contribution in [0, 0.1) is 12.7 Å². The van der Waals surface area contributed by atoms with E-state index in [9.17, 15) is 4.39 Å². The zero-order chi connectivity index (χ0) is 10.2. The van der Waals surface area contributed by atoms with Crippen LogP contribution in [0.25, 0.3) is 0 Å². The molecule has 1 fully saturated rings. The van der Waals surface area contributed by atoms with Crippen molar-refractivity contribution in [3.8, 4) is 0 Å². The number of aryl methyl sites for hydroxylation is 2. The lowest BCUT2D eigenvalue weighted by Crippen LogP contribution is -2.22. The van der Waals surface area contributed by atoms with Gasteiger partial charge >= 0.3 is 0 Å². The molecule has 2 heteroatoms. The van der Waals surface area contributed by atoms with Gasteiger partial charge in [-0.1, -0.05) is 12.1 Å². The summed E-state index contributed by atoms with van der Waals surface area (Å²) in [6.07, 6.45) is 3.87. The Morgan fingerprint density at radius 2 is 2.14 bits per heavy atom. The summed E-state index contributed by atoms with van der Waals surface area (Å²) in [7, 11) is 0. The molecule has 0 aliphatic heterocycles. The van der Waals surface area contributed by atoms with Crippen molar-refractivity contribution in [3.63, 3.8) is 0 Å². The average Bonchev–Trinajstić information content (AvgIpc) is 2.83. The number of benzene rings is 1. The lowest BCUT2D eigenvalue weighted by molar-refractivity contribution is 0.570. The monoisotopic (exact) mass is 193 g/mol. The van der Waals surface area contributed by atoms with Gasteiger partial charge in [-0.25, -0.2) is 4.39 Å². The van der Waals surface area contributed by atoms with Crippen molar-refractivity contribution >= 4 is 0 Å². The third-order valence-corrected chi connectivity index (χ3v) is 2.99. The van der Waals surface area contributed by atoms with Gasteiger partial charge in [0.2, 0.25) is 0 Å². The van der Waals surface area contributed by atoms with Crippen LogP contribution < -0.4 is 5.73 Å². The normalized spacial score (nSPS) is 18.2. The topological polar surface area (TPSA) is 26.0 Å². The minimum Gasteiger partial charge on any atom is -0.325 e. The Morgan fingerprint density at radius 3 is 2.71 bits per heavy atom. The van der Waals surface area contributed by atoms with Crippen molar-refractivity contribution in [2.24, 2.45) is 5.73 Å². The summed E-state index contributed by atoms with van der Waals surface area (Å²) in [5.74, 6) is -0.0887. The van der Waals surface area contributed by atoms with E-state index >= 15 is 0 Å². The van der Waals surface area contributed by atoms with E-state index in [1.54, 1.807) is 6.07 Å². The Morgan fingerprint density at radius 1 is 1.43 bits per heavy atom. The number of nitrogens with two attached hydrogens (primary N) is 1. The molecule has 0 atom stereocenters. The lowest BCUT2D eigenvalue weighted by Gasteiger charge is -2.08. The maximum Gasteiger partial charge on any atom is 0.126 e. The summed E-state index contributed by atoms with van der Waals surface area (Å²) < 4.78 is 13.4. The molecule has 1 aliphatic rings. The third kappa shape index (κ3) is 2.13. The Labute approximate surface area is 84.1 Å². The highest BCUT2D eigenvalue weighted by atomic mass is 19.1. The summed E-state index contributed by atoms with van der Waals surface area (Å²) in [5.41, 5.74) is 7.75. The van der Waals surface area contributed by atoms with Crippen molar-refractivity contribution in [2.45, 2.75) is 38.1 Å². The van der Waals surface area contributed by atoms with E-state index in [1.165, 1.54) is 0 Å². The lowest BCUT2D eigenvalue weighted by atomic mass is 10.0. The summed E-state index contributed by atoms with van der Waals surface area (Å²) in [6, 6.07) is 5.41. The molecule has 0 spiro atoms. The molecule has 1 aromatic carbocycles. The first-order chi connectivity index (χ1) is 6.59. The van der Waals surface area contributed by atoms with Crippen LogP contribution >= 0.6 is 0 Å². The second-order valence-electron chi connectivity index (χ2n) is 4.46. The molecule has 14 heavy (non-hydrogen) atoms. The van der Waals surface area contributed by atoms with Crippen LogP contribution in [-0.2, 0) is 6.42 Å². The van der Waals surface area contributed by atoms with Gasteiger partial charge in [0.1, 0.15) is 5.82 Å². The standard InChI is InChI=1S/C12H16FN/c1-9-2-3-10(11(13)8-9)4-5-12(14)6-7-12/h2-3,8H,4-7,14H2,1H3. The van der Waals surface area contributed by atoms with E-state index in [2.05, 4.69) is 0 Å². The molecule has 0 aromatic heterocycles. The average molecular weight is 193 g/mol. The van der Waals surface area contributed by atoms with E-state index in [4.69, 9.17) is 5.73 Å². The highest BCUT2D eigenvalue weighted by Gasteiger charge is 2.37. The van der Waals surface area contributed by atoms with Gasteiger partial charge in [0.05, 0.1) is 0 Å². The van der Waals surface area contributed by atoms with Crippen LogP contribution in [0.3, 0.4) is 0 Å². The van der Waals surface area contributed by atoms with Gasteiger partial charge in [-0.3, -0.25) is 0 Å². The molecule has 0 unspecified atom stereocenters. The first-order valence-corrected chi connectivity index (χ1v) is 5.13. The fourth-order valence-electron chi connectivity index (χ4n) is 1.65. The van der Waals surface area contributed by atoms with Crippen molar-refractivity contribution in [3.05, 3.63) is 35.1 Å². The Bertz CT molecular complexity index is 342. The number of hydrogen-bond donors (Lipinski definition) is 1. The molecule has 1 aliphatic carbocycles. The molecule has 0 saturated heterocycles. The van der Waals surface area contributed by atoms with E-state index in [0.717, 1.165) is 36.8 Å². The molecule has 0 heterocycles. The van der Waals surface area contributed by atoms with E-state index in [0.29, 0.717) is 0 Å². The Kier molecular flexibility index (Phi) is 2.31. The smallest absolute Gasteiger partial charge is 0.126 e. The molecule has 0 radical (unpaired) electrons. The van der Waals surface area contributed by atoms with Gasteiger partial charge in [-0.15, -0.1) is 0 Å². The van der Waals surface area contributed by atoms with Gasteiger partial charge in [0.15, 0.2) is 0 Å². The molecule has 1 nitrogen and oxygen atoms in total. The summed E-state index contributed by atoms with van der Waals surface area (Å²) in [5, 5.41) is 0. The van der Waals surface area contributed by atoms with Crippen LogP contribution in [0.2, 0.25) is 0 Å². The van der Waals surface area contributed by atoms with E-state index in [-0.39, 0.29) is 11.4 Å². The van der Waals surface area contributed by atoms with Crippen LogP contribution in [0.15, 0.2) is 18.2 Å². The van der Waals surface area contributed by atoms with Crippen LogP contribution in [0.5, 0.6) is 0 Å². The number of hydrogen-bond acceptors (Lipinski definition) is 1. The molecule has 0 bridgehead atoms. The predicted octanol–water partition coefficient (Wildman–Crippen LogP) is 2.56. The largest absolute Gasteiger partial charge is 0.325 e. The minimum atomic E-state index is -0.0887. The van der Waals surface area contributed by atoms with Gasteiger partial charge in [-0.2, -0.15) is 0 Å². The van der Waals surface area contributed by atoms with Gasteiger partial charge < -0.3 is 5.73 Å². The number of rotatable bonds is 3.